The second-order valence-corrected chi connectivity index (χ2v) is 3.23. The monoisotopic (exact) mass is 176 g/mol. The van der Waals surface area contributed by atoms with Gasteiger partial charge in [-0.25, -0.2) is 4.98 Å². The van der Waals surface area contributed by atoms with Crippen LogP contribution >= 0.6 is 0 Å². The number of aromatic nitrogens is 2. The maximum absolute atomic E-state index is 9.24. The molecule has 0 bridgehead atoms. The highest BCUT2D eigenvalue weighted by molar-refractivity contribution is 5.39. The largest absolute Gasteiger partial charge is 0.393 e. The van der Waals surface area contributed by atoms with Gasteiger partial charge in [-0.2, -0.15) is 0 Å². The second-order valence-electron chi connectivity index (χ2n) is 3.23. The fraction of sp³-hybridized carbons (Fsp3) is 0.300. The SMILES string of the molecule is CC(O)Cc1cnc2ccccn12. The summed E-state index contributed by atoms with van der Waals surface area (Å²) in [5.41, 5.74) is 1.98. The van der Waals surface area contributed by atoms with Gasteiger partial charge in [0.05, 0.1) is 6.10 Å². The second kappa shape index (κ2) is 3.18. The van der Waals surface area contributed by atoms with Crippen molar-refractivity contribution in [1.29, 1.82) is 0 Å². The molecular weight excluding hydrogens is 164 g/mol. The van der Waals surface area contributed by atoms with Gasteiger partial charge in [0.25, 0.3) is 0 Å². The summed E-state index contributed by atoms with van der Waals surface area (Å²) in [6.45, 7) is 1.78. The van der Waals surface area contributed by atoms with E-state index in [0.29, 0.717) is 6.42 Å². The van der Waals surface area contributed by atoms with Crippen LogP contribution in [-0.4, -0.2) is 20.6 Å². The van der Waals surface area contributed by atoms with Crippen LogP contribution in [0.2, 0.25) is 0 Å². The molecule has 0 aromatic carbocycles. The van der Waals surface area contributed by atoms with Crippen molar-refractivity contribution < 1.29 is 5.11 Å². The molecule has 0 spiro atoms. The van der Waals surface area contributed by atoms with E-state index in [1.54, 1.807) is 6.92 Å². The van der Waals surface area contributed by atoms with Crippen LogP contribution in [0.5, 0.6) is 0 Å². The van der Waals surface area contributed by atoms with Crippen LogP contribution in [0.4, 0.5) is 0 Å². The standard InChI is InChI=1S/C10H12N2O/c1-8(13)6-9-7-11-10-4-2-3-5-12(9)10/h2-5,7-8,13H,6H2,1H3. The Morgan fingerprint density at radius 2 is 2.38 bits per heavy atom. The number of imidazole rings is 1. The molecule has 2 aromatic rings. The number of aliphatic hydroxyl groups excluding tert-OH is 1. The van der Waals surface area contributed by atoms with Crippen LogP contribution < -0.4 is 0 Å². The number of fused-ring (bicyclic) bond motifs is 1. The first-order valence-corrected chi connectivity index (χ1v) is 4.36. The quantitative estimate of drug-likeness (QED) is 0.748. The average molecular weight is 176 g/mol. The molecule has 68 valence electrons. The van der Waals surface area contributed by atoms with Crippen LogP contribution in [0.1, 0.15) is 12.6 Å². The van der Waals surface area contributed by atoms with E-state index >= 15 is 0 Å². The van der Waals surface area contributed by atoms with Crippen LogP contribution in [0.25, 0.3) is 5.65 Å². The third-order valence-corrected chi connectivity index (χ3v) is 2.00. The minimum absolute atomic E-state index is 0.319. The molecule has 0 saturated heterocycles. The molecule has 0 aliphatic carbocycles. The van der Waals surface area contributed by atoms with Crippen molar-refractivity contribution in [2.75, 3.05) is 0 Å². The van der Waals surface area contributed by atoms with Gasteiger partial charge >= 0.3 is 0 Å². The highest BCUT2D eigenvalue weighted by Gasteiger charge is 2.04. The lowest BCUT2D eigenvalue weighted by Gasteiger charge is -2.02. The fourth-order valence-corrected chi connectivity index (χ4v) is 1.44. The first-order valence-electron chi connectivity index (χ1n) is 4.36. The van der Waals surface area contributed by atoms with Gasteiger partial charge in [-0.3, -0.25) is 0 Å². The molecule has 2 heterocycles. The number of nitrogens with zero attached hydrogens (tertiary/aromatic N) is 2. The summed E-state index contributed by atoms with van der Waals surface area (Å²) in [7, 11) is 0. The lowest BCUT2D eigenvalue weighted by molar-refractivity contribution is 0.194. The Morgan fingerprint density at radius 3 is 3.15 bits per heavy atom. The zero-order chi connectivity index (χ0) is 9.26. The first kappa shape index (κ1) is 8.26. The van der Waals surface area contributed by atoms with Gasteiger partial charge in [0.15, 0.2) is 0 Å². The van der Waals surface area contributed by atoms with Gasteiger partial charge in [-0.1, -0.05) is 6.07 Å². The molecule has 0 aliphatic rings. The third kappa shape index (κ3) is 1.55. The number of aliphatic hydroxyl groups is 1. The minimum Gasteiger partial charge on any atom is -0.393 e. The molecule has 13 heavy (non-hydrogen) atoms. The topological polar surface area (TPSA) is 37.5 Å². The van der Waals surface area contributed by atoms with Crippen LogP contribution in [0.3, 0.4) is 0 Å². The van der Waals surface area contributed by atoms with E-state index in [4.69, 9.17) is 0 Å². The highest BCUT2D eigenvalue weighted by atomic mass is 16.3. The first-order chi connectivity index (χ1) is 6.27. The van der Waals surface area contributed by atoms with Gasteiger partial charge in [0.1, 0.15) is 5.65 Å². The van der Waals surface area contributed by atoms with Crippen molar-refractivity contribution >= 4 is 5.65 Å². The zero-order valence-electron chi connectivity index (χ0n) is 7.51. The fourth-order valence-electron chi connectivity index (χ4n) is 1.44. The Labute approximate surface area is 76.7 Å². The third-order valence-electron chi connectivity index (χ3n) is 2.00. The van der Waals surface area contributed by atoms with E-state index in [-0.39, 0.29) is 6.10 Å². The van der Waals surface area contributed by atoms with Crippen LogP contribution in [-0.2, 0) is 6.42 Å². The molecule has 2 rings (SSSR count). The Bertz CT molecular complexity index is 406. The summed E-state index contributed by atoms with van der Waals surface area (Å²) in [6, 6.07) is 5.86. The van der Waals surface area contributed by atoms with Crippen molar-refractivity contribution in [3.8, 4) is 0 Å². The normalized spacial score (nSPS) is 13.4. The molecule has 1 unspecified atom stereocenters. The predicted molar refractivity (Wildman–Crippen MR) is 50.6 cm³/mol. The van der Waals surface area contributed by atoms with Crippen LogP contribution in [0.15, 0.2) is 30.6 Å². The molecule has 0 fully saturated rings. The van der Waals surface area contributed by atoms with E-state index in [9.17, 15) is 5.11 Å². The molecule has 3 nitrogen and oxygen atoms in total. The van der Waals surface area contributed by atoms with Crippen LogP contribution in [0, 0.1) is 0 Å². The summed E-state index contributed by atoms with van der Waals surface area (Å²) in [5, 5.41) is 9.24. The summed E-state index contributed by atoms with van der Waals surface area (Å²) in [5.74, 6) is 0. The Balaban J connectivity index is 2.46. The molecule has 3 heteroatoms. The minimum atomic E-state index is -0.319. The summed E-state index contributed by atoms with van der Waals surface area (Å²) in [4.78, 5) is 4.22. The molecular formula is C10H12N2O. The summed E-state index contributed by atoms with van der Waals surface area (Å²) in [6.07, 6.45) is 4.09. The molecule has 0 aliphatic heterocycles. The maximum Gasteiger partial charge on any atom is 0.136 e. The Hall–Kier alpha value is -1.35. The highest BCUT2D eigenvalue weighted by Crippen LogP contribution is 2.07. The average Bonchev–Trinajstić information content (AvgIpc) is 2.48. The summed E-state index contributed by atoms with van der Waals surface area (Å²) >= 11 is 0. The van der Waals surface area contributed by atoms with Gasteiger partial charge < -0.3 is 9.51 Å². The maximum atomic E-state index is 9.24. The molecule has 1 N–H and O–H groups in total. The number of pyridine rings is 1. The van der Waals surface area contributed by atoms with Gasteiger partial charge in [0, 0.05) is 24.5 Å². The van der Waals surface area contributed by atoms with E-state index in [1.807, 2.05) is 35.0 Å². The van der Waals surface area contributed by atoms with Crippen molar-refractivity contribution in [3.63, 3.8) is 0 Å². The lowest BCUT2D eigenvalue weighted by atomic mass is 10.2. The van der Waals surface area contributed by atoms with E-state index in [2.05, 4.69) is 4.98 Å². The van der Waals surface area contributed by atoms with E-state index in [1.165, 1.54) is 0 Å². The summed E-state index contributed by atoms with van der Waals surface area (Å²) < 4.78 is 1.99. The Morgan fingerprint density at radius 1 is 1.54 bits per heavy atom. The number of rotatable bonds is 2. The molecule has 0 saturated carbocycles. The predicted octanol–water partition coefficient (Wildman–Crippen LogP) is 1.26. The van der Waals surface area contributed by atoms with Crippen molar-refractivity contribution in [3.05, 3.63) is 36.3 Å². The molecule has 0 radical (unpaired) electrons. The molecule has 2 aromatic heterocycles. The van der Waals surface area contributed by atoms with Crippen molar-refractivity contribution in [1.82, 2.24) is 9.38 Å². The molecule has 0 amide bonds. The smallest absolute Gasteiger partial charge is 0.136 e. The number of hydrogen-bond acceptors (Lipinski definition) is 2. The van der Waals surface area contributed by atoms with Crippen molar-refractivity contribution in [2.45, 2.75) is 19.4 Å². The van der Waals surface area contributed by atoms with Gasteiger partial charge in [-0.15, -0.1) is 0 Å². The number of hydrogen-bond donors (Lipinski definition) is 1. The van der Waals surface area contributed by atoms with Crippen molar-refractivity contribution in [2.24, 2.45) is 0 Å². The molecule has 1 atom stereocenters. The van der Waals surface area contributed by atoms with E-state index < -0.39 is 0 Å². The van der Waals surface area contributed by atoms with E-state index in [0.717, 1.165) is 11.3 Å². The lowest BCUT2D eigenvalue weighted by Crippen LogP contribution is -2.06. The Kier molecular flexibility index (Phi) is 2.02. The van der Waals surface area contributed by atoms with Gasteiger partial charge in [-0.05, 0) is 19.1 Å². The zero-order valence-corrected chi connectivity index (χ0v) is 7.51. The van der Waals surface area contributed by atoms with Gasteiger partial charge in [0.2, 0.25) is 0 Å².